The Kier molecular flexibility index (Phi) is 15.4. The summed E-state index contributed by atoms with van der Waals surface area (Å²) in [5, 5.41) is 17.7. The van der Waals surface area contributed by atoms with Gasteiger partial charge in [0.2, 0.25) is 11.8 Å². The first kappa shape index (κ1) is 42.6. The van der Waals surface area contributed by atoms with E-state index in [2.05, 4.69) is 20.5 Å². The van der Waals surface area contributed by atoms with Crippen LogP contribution in [0.1, 0.15) is 114 Å². The second kappa shape index (κ2) is 18.8. The number of likely N-dealkylation sites (N-methyl/N-ethyl adjacent to an activating group) is 1. The van der Waals surface area contributed by atoms with Crippen molar-refractivity contribution in [2.45, 2.75) is 117 Å². The molecule has 2 aromatic rings. The molecule has 1 aromatic carbocycles. The normalized spacial score (nSPS) is 19.7. The first-order valence-corrected chi connectivity index (χ1v) is 19.4. The zero-order chi connectivity index (χ0) is 38.9. The van der Waals surface area contributed by atoms with E-state index in [0.29, 0.717) is 23.5 Å². The highest BCUT2D eigenvalue weighted by Gasteiger charge is 2.43. The Bertz CT molecular complexity index is 1550. The Morgan fingerprint density at radius 1 is 1.08 bits per heavy atom. The Morgan fingerprint density at radius 2 is 1.73 bits per heavy atom. The van der Waals surface area contributed by atoms with Gasteiger partial charge >= 0.3 is 5.97 Å². The molecule has 0 spiro atoms. The number of aromatic nitrogens is 1. The van der Waals surface area contributed by atoms with Crippen LogP contribution >= 0.6 is 11.3 Å². The molecule has 0 aliphatic carbocycles. The Morgan fingerprint density at radius 3 is 2.27 bits per heavy atom. The molecule has 1 fully saturated rings. The van der Waals surface area contributed by atoms with Crippen LogP contribution in [0.3, 0.4) is 0 Å². The van der Waals surface area contributed by atoms with Crippen LogP contribution in [0.5, 0.6) is 0 Å². The first-order valence-electron chi connectivity index (χ1n) is 18.5. The number of nitrogens with zero attached hydrogens (tertiary/aromatic N) is 3. The molecule has 52 heavy (non-hydrogen) atoms. The number of thiazole rings is 1. The summed E-state index contributed by atoms with van der Waals surface area (Å²) in [5.74, 6) is -2.83. The second-order valence-electron chi connectivity index (χ2n) is 15.3. The predicted molar refractivity (Wildman–Crippen MR) is 205 cm³/mol. The molecule has 0 bridgehead atoms. The number of ketones is 1. The standard InChI is InChI=1S/C39H60N6O6S/c1-10-24(4)30(20-34(47)39(7)16-11-17-44(39)8)37(49)45(9)33(23(2)3)21-31(41-26(6)46)36-43-32(22-52-36)35(48)42-29(18-25(5)38(50)51)19-27-12-14-28(40)15-13-27/h12-15,22-25,29-31,33H,10-11,16-21,40H2,1-9H3,(H,41,46)(H,42,48)(H,50,51)/t24-,25-,29+,30-,31+,33+,39+/m0/s1. The Labute approximate surface area is 313 Å². The lowest BCUT2D eigenvalue weighted by Gasteiger charge is -2.38. The molecular formula is C39H60N6O6S. The molecule has 1 aliphatic heterocycles. The van der Waals surface area contributed by atoms with Crippen LogP contribution < -0.4 is 16.4 Å². The summed E-state index contributed by atoms with van der Waals surface area (Å²) in [6.45, 7) is 14.0. The van der Waals surface area contributed by atoms with Crippen molar-refractivity contribution in [1.82, 2.24) is 25.4 Å². The number of carbonyl (C=O) groups excluding carboxylic acids is 4. The number of nitrogens with two attached hydrogens (primary N) is 1. The molecule has 1 saturated heterocycles. The number of anilines is 1. The van der Waals surface area contributed by atoms with Gasteiger partial charge in [-0.3, -0.25) is 28.9 Å². The number of rotatable bonds is 19. The van der Waals surface area contributed by atoms with Gasteiger partial charge in [-0.25, -0.2) is 4.98 Å². The lowest BCUT2D eigenvalue weighted by Crippen LogP contribution is -2.50. The molecule has 3 amide bonds. The van der Waals surface area contributed by atoms with Gasteiger partial charge in [-0.05, 0) is 82.2 Å². The summed E-state index contributed by atoms with van der Waals surface area (Å²) in [6, 6.07) is 5.85. The summed E-state index contributed by atoms with van der Waals surface area (Å²) in [6.07, 6.45) is 3.64. The maximum absolute atomic E-state index is 14.3. The molecule has 3 rings (SSSR count). The fourth-order valence-electron chi connectivity index (χ4n) is 7.17. The van der Waals surface area contributed by atoms with Gasteiger partial charge in [-0.15, -0.1) is 11.3 Å². The predicted octanol–water partition coefficient (Wildman–Crippen LogP) is 5.33. The largest absolute Gasteiger partial charge is 0.481 e. The number of Topliss-reactive ketones (excluding diaryl/α,β-unsaturated/α-hetero) is 1. The molecule has 5 N–H and O–H groups in total. The number of likely N-dealkylation sites (tertiary alicyclic amines) is 1. The van der Waals surface area contributed by atoms with Crippen molar-refractivity contribution in [2.24, 2.45) is 23.7 Å². The van der Waals surface area contributed by atoms with Crippen LogP contribution in [0.4, 0.5) is 5.69 Å². The van der Waals surface area contributed by atoms with Crippen molar-refractivity contribution in [3.05, 3.63) is 45.9 Å². The quantitative estimate of drug-likeness (QED) is 0.139. The number of hydrogen-bond donors (Lipinski definition) is 4. The first-order chi connectivity index (χ1) is 24.4. The highest BCUT2D eigenvalue weighted by molar-refractivity contribution is 7.09. The lowest BCUT2D eigenvalue weighted by molar-refractivity contribution is -0.143. The zero-order valence-corrected chi connectivity index (χ0v) is 33.2. The van der Waals surface area contributed by atoms with Crippen molar-refractivity contribution >= 4 is 46.5 Å². The molecular weight excluding hydrogens is 681 g/mol. The number of nitrogen functional groups attached to an aromatic ring is 1. The fraction of sp³-hybridized carbons (Fsp3) is 0.641. The van der Waals surface area contributed by atoms with E-state index in [1.54, 1.807) is 36.4 Å². The molecule has 0 saturated carbocycles. The van der Waals surface area contributed by atoms with Crippen LogP contribution in [-0.2, 0) is 25.6 Å². The van der Waals surface area contributed by atoms with E-state index in [-0.39, 0.29) is 54.0 Å². The van der Waals surface area contributed by atoms with Crippen LogP contribution in [0, 0.1) is 23.7 Å². The molecule has 1 aromatic heterocycles. The van der Waals surface area contributed by atoms with Gasteiger partial charge in [0.1, 0.15) is 10.7 Å². The van der Waals surface area contributed by atoms with E-state index in [9.17, 15) is 29.1 Å². The van der Waals surface area contributed by atoms with Gasteiger partial charge in [-0.1, -0.05) is 53.2 Å². The van der Waals surface area contributed by atoms with E-state index in [1.807, 2.05) is 53.8 Å². The number of amides is 3. The monoisotopic (exact) mass is 740 g/mol. The minimum atomic E-state index is -0.952. The molecule has 288 valence electrons. The van der Waals surface area contributed by atoms with Crippen molar-refractivity contribution in [3.63, 3.8) is 0 Å². The SMILES string of the molecule is CC[C@H](C)[C@H](CC(=O)[C@@]1(C)CCCN1C)C(=O)N(C)[C@H](C[C@@H](NC(C)=O)c1nc(C(=O)N[C@@H](Cc2ccc(N)cc2)C[C@H](C)C(=O)O)cs1)C(C)C. The van der Waals surface area contributed by atoms with Gasteiger partial charge in [0.25, 0.3) is 5.91 Å². The van der Waals surface area contributed by atoms with Crippen molar-refractivity contribution in [2.75, 3.05) is 26.4 Å². The maximum Gasteiger partial charge on any atom is 0.306 e. The molecule has 7 atom stereocenters. The van der Waals surface area contributed by atoms with Crippen molar-refractivity contribution < 1.29 is 29.1 Å². The average molecular weight is 741 g/mol. The maximum atomic E-state index is 14.3. The number of carboxylic acid groups (broad SMARTS) is 1. The fourth-order valence-corrected chi connectivity index (χ4v) is 8.03. The van der Waals surface area contributed by atoms with Gasteiger partial charge in [0.05, 0.1) is 17.5 Å². The smallest absolute Gasteiger partial charge is 0.306 e. The third kappa shape index (κ3) is 11.1. The summed E-state index contributed by atoms with van der Waals surface area (Å²) in [7, 11) is 3.75. The van der Waals surface area contributed by atoms with Gasteiger partial charge in [-0.2, -0.15) is 0 Å². The number of carbonyl (C=O) groups is 5. The minimum Gasteiger partial charge on any atom is -0.481 e. The molecule has 13 heteroatoms. The number of nitrogens with one attached hydrogen (secondary N) is 2. The Hall–Kier alpha value is -3.84. The van der Waals surface area contributed by atoms with Crippen molar-refractivity contribution in [3.8, 4) is 0 Å². The average Bonchev–Trinajstić information content (AvgIpc) is 3.72. The Balaban J connectivity index is 1.83. The molecule has 12 nitrogen and oxygen atoms in total. The summed E-state index contributed by atoms with van der Waals surface area (Å²) >= 11 is 1.24. The number of carboxylic acids is 1. The van der Waals surface area contributed by atoms with Gasteiger partial charge < -0.3 is 26.4 Å². The topological polar surface area (TPSA) is 175 Å². The van der Waals surface area contributed by atoms with Gasteiger partial charge in [0.15, 0.2) is 5.78 Å². The van der Waals surface area contributed by atoms with Crippen LogP contribution in [0.25, 0.3) is 0 Å². The number of hydrogen-bond acceptors (Lipinski definition) is 9. The molecule has 0 radical (unpaired) electrons. The summed E-state index contributed by atoms with van der Waals surface area (Å²) in [5.41, 5.74) is 6.93. The van der Waals surface area contributed by atoms with E-state index >= 15 is 0 Å². The van der Waals surface area contributed by atoms with E-state index in [4.69, 9.17) is 5.73 Å². The number of aliphatic carboxylic acids is 1. The highest BCUT2D eigenvalue weighted by atomic mass is 32.1. The van der Waals surface area contributed by atoms with Crippen molar-refractivity contribution in [1.29, 1.82) is 0 Å². The molecule has 2 heterocycles. The molecule has 0 unspecified atom stereocenters. The zero-order valence-electron chi connectivity index (χ0n) is 32.4. The van der Waals surface area contributed by atoms with Gasteiger partial charge in [0, 0.05) is 49.5 Å². The van der Waals surface area contributed by atoms with E-state index < -0.39 is 41.3 Å². The third-order valence-electron chi connectivity index (χ3n) is 11.0. The van der Waals surface area contributed by atoms with Crippen LogP contribution in [0.2, 0.25) is 0 Å². The third-order valence-corrected chi connectivity index (χ3v) is 12.0. The van der Waals surface area contributed by atoms with E-state index in [1.165, 1.54) is 18.3 Å². The van der Waals surface area contributed by atoms with Crippen LogP contribution in [0.15, 0.2) is 29.6 Å². The summed E-state index contributed by atoms with van der Waals surface area (Å²) in [4.78, 5) is 74.2. The lowest BCUT2D eigenvalue weighted by atomic mass is 9.80. The highest BCUT2D eigenvalue weighted by Crippen LogP contribution is 2.34. The second-order valence-corrected chi connectivity index (χ2v) is 16.2. The summed E-state index contributed by atoms with van der Waals surface area (Å²) < 4.78 is 0. The minimum absolute atomic E-state index is 0.00414. The molecule has 1 aliphatic rings. The van der Waals surface area contributed by atoms with E-state index in [0.717, 1.165) is 31.4 Å². The van der Waals surface area contributed by atoms with Crippen LogP contribution in [-0.4, -0.2) is 87.6 Å². The number of benzene rings is 1.